The Morgan fingerprint density at radius 3 is 2.24 bits per heavy atom. The van der Waals surface area contributed by atoms with Crippen LogP contribution in [0.2, 0.25) is 5.02 Å². The molecule has 3 nitrogen and oxygen atoms in total. The van der Waals surface area contributed by atoms with Gasteiger partial charge in [-0.3, -0.25) is 4.79 Å². The van der Waals surface area contributed by atoms with Gasteiger partial charge in [0.15, 0.2) is 0 Å². The van der Waals surface area contributed by atoms with E-state index in [2.05, 4.69) is 5.32 Å². The molecule has 0 radical (unpaired) electrons. The molecule has 0 fully saturated rings. The smallest absolute Gasteiger partial charge is 0.398 e. The highest BCUT2D eigenvalue weighted by Gasteiger charge is 2.30. The van der Waals surface area contributed by atoms with Gasteiger partial charge in [-0.2, -0.15) is 13.2 Å². The second kappa shape index (κ2) is 5.65. The highest BCUT2D eigenvalue weighted by Crippen LogP contribution is 2.30. The number of nitrogen functional groups attached to an aromatic ring is 1. The lowest BCUT2D eigenvalue weighted by atomic mass is 10.1. The van der Waals surface area contributed by atoms with E-state index in [0.717, 1.165) is 24.3 Å². The summed E-state index contributed by atoms with van der Waals surface area (Å²) in [6.07, 6.45) is -4.42. The van der Waals surface area contributed by atoms with Crippen LogP contribution < -0.4 is 11.1 Å². The summed E-state index contributed by atoms with van der Waals surface area (Å²) in [6.45, 7) is 0. The maximum absolute atomic E-state index is 12.4. The zero-order valence-electron chi connectivity index (χ0n) is 10.5. The van der Waals surface area contributed by atoms with Gasteiger partial charge < -0.3 is 11.1 Å². The second-order valence-electron chi connectivity index (χ2n) is 4.23. The van der Waals surface area contributed by atoms with E-state index < -0.39 is 17.6 Å². The van der Waals surface area contributed by atoms with E-state index in [9.17, 15) is 18.0 Å². The van der Waals surface area contributed by atoms with E-state index in [4.69, 9.17) is 17.3 Å². The third-order valence-corrected chi connectivity index (χ3v) is 3.06. The van der Waals surface area contributed by atoms with Crippen molar-refractivity contribution in [2.45, 2.75) is 6.18 Å². The van der Waals surface area contributed by atoms with E-state index in [1.165, 1.54) is 12.1 Å². The monoisotopic (exact) mass is 314 g/mol. The fraction of sp³-hybridized carbons (Fsp3) is 0.0714. The molecule has 0 aliphatic heterocycles. The molecule has 0 aliphatic rings. The molecule has 110 valence electrons. The number of benzene rings is 2. The summed E-state index contributed by atoms with van der Waals surface area (Å²) in [5, 5.41) is 2.61. The minimum atomic E-state index is -4.42. The Hall–Kier alpha value is -2.21. The second-order valence-corrected chi connectivity index (χ2v) is 4.64. The summed E-state index contributed by atoms with van der Waals surface area (Å²) < 4.78 is 37.3. The van der Waals surface area contributed by atoms with Crippen LogP contribution in [0.1, 0.15) is 15.9 Å². The van der Waals surface area contributed by atoms with Crippen molar-refractivity contribution in [3.8, 4) is 0 Å². The number of hydrogen-bond donors (Lipinski definition) is 2. The Kier molecular flexibility index (Phi) is 4.09. The molecule has 0 unspecified atom stereocenters. The first-order valence-corrected chi connectivity index (χ1v) is 6.19. The van der Waals surface area contributed by atoms with Gasteiger partial charge >= 0.3 is 6.18 Å². The summed E-state index contributed by atoms with van der Waals surface area (Å²) >= 11 is 5.89. The van der Waals surface area contributed by atoms with Gasteiger partial charge in [0.2, 0.25) is 0 Å². The van der Waals surface area contributed by atoms with E-state index in [1.807, 2.05) is 0 Å². The molecule has 1 amide bonds. The molecule has 0 aromatic heterocycles. The van der Waals surface area contributed by atoms with E-state index in [1.54, 1.807) is 6.07 Å². The van der Waals surface area contributed by atoms with Crippen LogP contribution in [-0.4, -0.2) is 5.91 Å². The first-order valence-electron chi connectivity index (χ1n) is 5.81. The molecule has 0 spiro atoms. The maximum atomic E-state index is 12.4. The molecule has 7 heteroatoms. The number of nitrogens with one attached hydrogen (secondary N) is 1. The standard InChI is InChI=1S/C14H10ClF3N2O/c15-10-2-1-3-11(19)12(10)13(21)20-9-6-4-8(5-7-9)14(16,17)18/h1-7H,19H2,(H,20,21). The normalized spacial score (nSPS) is 11.2. The number of anilines is 2. The molecule has 0 heterocycles. The van der Waals surface area contributed by atoms with Crippen molar-refractivity contribution in [3.05, 3.63) is 58.6 Å². The minimum Gasteiger partial charge on any atom is -0.398 e. The predicted octanol–water partition coefficient (Wildman–Crippen LogP) is 4.19. The molecular weight excluding hydrogens is 305 g/mol. The first kappa shape index (κ1) is 15.2. The van der Waals surface area contributed by atoms with Crippen LogP contribution in [0.5, 0.6) is 0 Å². The fourth-order valence-corrected chi connectivity index (χ4v) is 1.98. The molecule has 0 aliphatic carbocycles. The SMILES string of the molecule is Nc1cccc(Cl)c1C(=O)Nc1ccc(C(F)(F)F)cc1. The van der Waals surface area contributed by atoms with Crippen molar-refractivity contribution in [3.63, 3.8) is 0 Å². The van der Waals surface area contributed by atoms with Crippen molar-refractivity contribution >= 4 is 28.9 Å². The molecule has 0 saturated heterocycles. The molecule has 21 heavy (non-hydrogen) atoms. The topological polar surface area (TPSA) is 55.1 Å². The third-order valence-electron chi connectivity index (χ3n) is 2.74. The third kappa shape index (κ3) is 3.46. The number of amides is 1. The van der Waals surface area contributed by atoms with E-state index in [-0.39, 0.29) is 22.0 Å². The molecule has 2 aromatic carbocycles. The molecule has 0 atom stereocenters. The number of halogens is 4. The Bertz CT molecular complexity index is 649. The summed E-state index contributed by atoms with van der Waals surface area (Å²) in [4.78, 5) is 12.0. The van der Waals surface area contributed by atoms with Gasteiger partial charge in [0, 0.05) is 11.4 Å². The zero-order chi connectivity index (χ0) is 15.6. The molecule has 3 N–H and O–H groups in total. The van der Waals surface area contributed by atoms with Crippen LogP contribution >= 0.6 is 11.6 Å². The lowest BCUT2D eigenvalue weighted by Crippen LogP contribution is -2.15. The molecule has 2 aromatic rings. The van der Waals surface area contributed by atoms with Crippen LogP contribution in [0.4, 0.5) is 24.5 Å². The average molecular weight is 315 g/mol. The van der Waals surface area contributed by atoms with Crippen molar-refractivity contribution in [1.82, 2.24) is 0 Å². The van der Waals surface area contributed by atoms with Crippen molar-refractivity contribution in [1.29, 1.82) is 0 Å². The number of alkyl halides is 3. The lowest BCUT2D eigenvalue weighted by Gasteiger charge is -2.10. The number of carbonyl (C=O) groups excluding carboxylic acids is 1. The van der Waals surface area contributed by atoms with Gasteiger partial charge in [-0.1, -0.05) is 17.7 Å². The van der Waals surface area contributed by atoms with Crippen LogP contribution in [0, 0.1) is 0 Å². The van der Waals surface area contributed by atoms with E-state index >= 15 is 0 Å². The molecule has 2 rings (SSSR count). The van der Waals surface area contributed by atoms with Crippen LogP contribution in [-0.2, 0) is 6.18 Å². The van der Waals surface area contributed by atoms with Gasteiger partial charge in [0.05, 0.1) is 16.1 Å². The summed E-state index contributed by atoms with van der Waals surface area (Å²) in [5.41, 5.74) is 5.35. The number of hydrogen-bond acceptors (Lipinski definition) is 2. The van der Waals surface area contributed by atoms with Gasteiger partial charge in [-0.05, 0) is 36.4 Å². The van der Waals surface area contributed by atoms with Crippen molar-refractivity contribution in [2.24, 2.45) is 0 Å². The number of nitrogens with two attached hydrogens (primary N) is 1. The molecule has 0 saturated carbocycles. The number of rotatable bonds is 2. The minimum absolute atomic E-state index is 0.0825. The zero-order valence-corrected chi connectivity index (χ0v) is 11.3. The lowest BCUT2D eigenvalue weighted by molar-refractivity contribution is -0.137. The van der Waals surface area contributed by atoms with Crippen LogP contribution in [0.3, 0.4) is 0 Å². The van der Waals surface area contributed by atoms with Gasteiger partial charge in [-0.25, -0.2) is 0 Å². The molecular formula is C14H10ClF3N2O. The average Bonchev–Trinajstić information content (AvgIpc) is 2.38. The fourth-order valence-electron chi connectivity index (χ4n) is 1.72. The van der Waals surface area contributed by atoms with Gasteiger partial charge in [0.1, 0.15) is 0 Å². The Morgan fingerprint density at radius 1 is 1.10 bits per heavy atom. The first-order chi connectivity index (χ1) is 9.79. The summed E-state index contributed by atoms with van der Waals surface area (Å²) in [6, 6.07) is 8.68. The Labute approximate surface area is 123 Å². The van der Waals surface area contributed by atoms with Crippen molar-refractivity contribution in [2.75, 3.05) is 11.1 Å². The van der Waals surface area contributed by atoms with E-state index in [0.29, 0.717) is 0 Å². The quantitative estimate of drug-likeness (QED) is 0.816. The largest absolute Gasteiger partial charge is 0.416 e. The van der Waals surface area contributed by atoms with Gasteiger partial charge in [0.25, 0.3) is 5.91 Å². The predicted molar refractivity (Wildman–Crippen MR) is 75.3 cm³/mol. The van der Waals surface area contributed by atoms with Gasteiger partial charge in [-0.15, -0.1) is 0 Å². The highest BCUT2D eigenvalue weighted by atomic mass is 35.5. The highest BCUT2D eigenvalue weighted by molar-refractivity contribution is 6.35. The Morgan fingerprint density at radius 2 is 1.71 bits per heavy atom. The van der Waals surface area contributed by atoms with Crippen molar-refractivity contribution < 1.29 is 18.0 Å². The summed E-state index contributed by atoms with van der Waals surface area (Å²) in [7, 11) is 0. The Balaban J connectivity index is 2.21. The summed E-state index contributed by atoms with van der Waals surface area (Å²) in [5.74, 6) is -0.585. The molecule has 0 bridgehead atoms. The van der Waals surface area contributed by atoms with Crippen LogP contribution in [0.15, 0.2) is 42.5 Å². The maximum Gasteiger partial charge on any atom is 0.416 e. The van der Waals surface area contributed by atoms with Crippen LogP contribution in [0.25, 0.3) is 0 Å². The number of carbonyl (C=O) groups is 1.